The summed E-state index contributed by atoms with van der Waals surface area (Å²) in [5, 5.41) is 3.58. The zero-order valence-corrected chi connectivity index (χ0v) is 14.3. The molecule has 2 aromatic carbocycles. The van der Waals surface area contributed by atoms with Gasteiger partial charge >= 0.3 is 5.97 Å². The molecule has 0 aliphatic heterocycles. The van der Waals surface area contributed by atoms with Gasteiger partial charge in [0, 0.05) is 5.56 Å². The highest BCUT2D eigenvalue weighted by Crippen LogP contribution is 2.24. The number of nitrogens with zero attached hydrogens (tertiary/aromatic N) is 1. The Balaban J connectivity index is 2.13. The number of aryl methyl sites for hydroxylation is 2. The lowest BCUT2D eigenvalue weighted by atomic mass is 10.1. The molecule has 0 aliphatic carbocycles. The fraction of sp³-hybridized carbons (Fsp3) is 0.263. The molecule has 126 valence electrons. The van der Waals surface area contributed by atoms with Crippen LogP contribution in [-0.2, 0) is 16.2 Å². The van der Waals surface area contributed by atoms with Gasteiger partial charge in [-0.05, 0) is 44.0 Å². The molecule has 0 bridgehead atoms. The third-order valence-corrected chi connectivity index (χ3v) is 3.43. The SMILES string of the molecule is CON=C(C)C(=O)Oc1ccccc1COc1cc(C)ccc1C. The third kappa shape index (κ3) is 4.59. The summed E-state index contributed by atoms with van der Waals surface area (Å²) in [6, 6.07) is 13.3. The van der Waals surface area contributed by atoms with Crippen LogP contribution in [0.4, 0.5) is 0 Å². The van der Waals surface area contributed by atoms with Crippen molar-refractivity contribution in [3.8, 4) is 11.5 Å². The van der Waals surface area contributed by atoms with Gasteiger partial charge in [-0.1, -0.05) is 35.5 Å². The molecule has 2 rings (SSSR count). The third-order valence-electron chi connectivity index (χ3n) is 3.43. The number of oxime groups is 1. The Hall–Kier alpha value is -2.82. The van der Waals surface area contributed by atoms with E-state index >= 15 is 0 Å². The lowest BCUT2D eigenvalue weighted by molar-refractivity contribution is -0.127. The molecule has 2 aromatic rings. The van der Waals surface area contributed by atoms with E-state index in [1.165, 1.54) is 14.0 Å². The van der Waals surface area contributed by atoms with Crippen LogP contribution in [0.1, 0.15) is 23.6 Å². The first-order valence-corrected chi connectivity index (χ1v) is 7.59. The van der Waals surface area contributed by atoms with Crippen molar-refractivity contribution in [3.63, 3.8) is 0 Å². The Morgan fingerprint density at radius 2 is 1.83 bits per heavy atom. The summed E-state index contributed by atoms with van der Waals surface area (Å²) in [5.74, 6) is 0.697. The van der Waals surface area contributed by atoms with E-state index in [0.717, 1.165) is 22.4 Å². The second-order valence-corrected chi connectivity index (χ2v) is 5.41. The molecular formula is C19H21NO4. The number of hydrogen-bond donors (Lipinski definition) is 0. The Morgan fingerprint density at radius 1 is 1.08 bits per heavy atom. The van der Waals surface area contributed by atoms with Crippen molar-refractivity contribution in [1.29, 1.82) is 0 Å². The molecule has 0 unspecified atom stereocenters. The molecule has 0 fully saturated rings. The molecule has 0 saturated carbocycles. The summed E-state index contributed by atoms with van der Waals surface area (Å²) in [7, 11) is 1.38. The number of carbonyl (C=O) groups excluding carboxylic acids is 1. The lowest BCUT2D eigenvalue weighted by Crippen LogP contribution is -2.18. The van der Waals surface area contributed by atoms with Gasteiger partial charge in [-0.2, -0.15) is 0 Å². The Labute approximate surface area is 141 Å². The van der Waals surface area contributed by atoms with Crippen LogP contribution in [0.25, 0.3) is 0 Å². The predicted octanol–water partition coefficient (Wildman–Crippen LogP) is 3.81. The fourth-order valence-corrected chi connectivity index (χ4v) is 2.09. The number of ether oxygens (including phenoxy) is 2. The molecule has 5 nitrogen and oxygen atoms in total. The standard InChI is InChI=1S/C19H21NO4/c1-13-9-10-14(2)18(11-13)23-12-16-7-5-6-8-17(16)24-19(21)15(3)20-22-4/h5-11H,12H2,1-4H3. The zero-order chi connectivity index (χ0) is 17.5. The largest absolute Gasteiger partial charge is 0.488 e. The van der Waals surface area contributed by atoms with Crippen LogP contribution in [-0.4, -0.2) is 18.8 Å². The quantitative estimate of drug-likeness (QED) is 0.350. The molecule has 0 atom stereocenters. The van der Waals surface area contributed by atoms with E-state index in [4.69, 9.17) is 9.47 Å². The van der Waals surface area contributed by atoms with Crippen LogP contribution in [0.5, 0.6) is 11.5 Å². The Morgan fingerprint density at radius 3 is 2.58 bits per heavy atom. The highest BCUT2D eigenvalue weighted by Gasteiger charge is 2.13. The van der Waals surface area contributed by atoms with E-state index in [0.29, 0.717) is 12.4 Å². The van der Waals surface area contributed by atoms with Crippen LogP contribution in [0.3, 0.4) is 0 Å². The first-order chi connectivity index (χ1) is 11.5. The van der Waals surface area contributed by atoms with Crippen molar-refractivity contribution < 1.29 is 19.1 Å². The second-order valence-electron chi connectivity index (χ2n) is 5.41. The Bertz CT molecular complexity index is 753. The van der Waals surface area contributed by atoms with Gasteiger partial charge in [-0.15, -0.1) is 0 Å². The van der Waals surface area contributed by atoms with Crippen molar-refractivity contribution in [2.24, 2.45) is 5.16 Å². The molecule has 0 N–H and O–H groups in total. The summed E-state index contributed by atoms with van der Waals surface area (Å²) < 4.78 is 11.3. The summed E-state index contributed by atoms with van der Waals surface area (Å²) in [6.07, 6.45) is 0. The molecule has 0 aromatic heterocycles. The zero-order valence-electron chi connectivity index (χ0n) is 14.3. The molecule has 0 heterocycles. The smallest absolute Gasteiger partial charge is 0.361 e. The van der Waals surface area contributed by atoms with Crippen LogP contribution >= 0.6 is 0 Å². The molecule has 0 saturated heterocycles. The van der Waals surface area contributed by atoms with Crippen LogP contribution in [0.2, 0.25) is 0 Å². The molecule has 0 amide bonds. The minimum absolute atomic E-state index is 0.141. The normalized spacial score (nSPS) is 11.1. The maximum absolute atomic E-state index is 12.0. The first kappa shape index (κ1) is 17.5. The maximum Gasteiger partial charge on any atom is 0.361 e. The van der Waals surface area contributed by atoms with Gasteiger partial charge in [-0.25, -0.2) is 4.79 Å². The summed E-state index contributed by atoms with van der Waals surface area (Å²) in [5.41, 5.74) is 3.10. The average Bonchev–Trinajstić information content (AvgIpc) is 2.57. The van der Waals surface area contributed by atoms with Gasteiger partial charge in [0.2, 0.25) is 0 Å². The number of rotatable bonds is 6. The van der Waals surface area contributed by atoms with Crippen LogP contribution in [0, 0.1) is 13.8 Å². The topological polar surface area (TPSA) is 57.1 Å². The van der Waals surface area contributed by atoms with E-state index in [2.05, 4.69) is 9.99 Å². The number of carbonyl (C=O) groups is 1. The van der Waals surface area contributed by atoms with Crippen molar-refractivity contribution in [1.82, 2.24) is 0 Å². The van der Waals surface area contributed by atoms with Crippen LogP contribution in [0.15, 0.2) is 47.6 Å². The van der Waals surface area contributed by atoms with Crippen molar-refractivity contribution in [2.45, 2.75) is 27.4 Å². The van der Waals surface area contributed by atoms with Gasteiger partial charge in [-0.3, -0.25) is 0 Å². The van der Waals surface area contributed by atoms with Gasteiger partial charge in [0.05, 0.1) is 0 Å². The van der Waals surface area contributed by atoms with Gasteiger partial charge in [0.25, 0.3) is 0 Å². The number of hydrogen-bond acceptors (Lipinski definition) is 5. The lowest BCUT2D eigenvalue weighted by Gasteiger charge is -2.13. The summed E-state index contributed by atoms with van der Waals surface area (Å²) >= 11 is 0. The molecule has 0 spiro atoms. The minimum atomic E-state index is -0.559. The number of esters is 1. The molecular weight excluding hydrogens is 306 g/mol. The van der Waals surface area contributed by atoms with E-state index < -0.39 is 5.97 Å². The first-order valence-electron chi connectivity index (χ1n) is 7.59. The monoisotopic (exact) mass is 327 g/mol. The Kier molecular flexibility index (Phi) is 5.95. The molecule has 5 heteroatoms. The van der Waals surface area contributed by atoms with E-state index in [1.54, 1.807) is 12.1 Å². The molecule has 0 radical (unpaired) electrons. The predicted molar refractivity (Wildman–Crippen MR) is 92.4 cm³/mol. The number of benzene rings is 2. The molecule has 0 aliphatic rings. The van der Waals surface area contributed by atoms with Gasteiger partial charge in [0.1, 0.15) is 25.2 Å². The van der Waals surface area contributed by atoms with Gasteiger partial charge < -0.3 is 14.3 Å². The van der Waals surface area contributed by atoms with Crippen LogP contribution < -0.4 is 9.47 Å². The molecule has 24 heavy (non-hydrogen) atoms. The minimum Gasteiger partial charge on any atom is -0.488 e. The maximum atomic E-state index is 12.0. The van der Waals surface area contributed by atoms with Gasteiger partial charge in [0.15, 0.2) is 5.71 Å². The summed E-state index contributed by atoms with van der Waals surface area (Å²) in [4.78, 5) is 16.5. The van der Waals surface area contributed by atoms with E-state index in [9.17, 15) is 4.79 Å². The average molecular weight is 327 g/mol. The highest BCUT2D eigenvalue weighted by atomic mass is 16.6. The fourth-order valence-electron chi connectivity index (χ4n) is 2.09. The second kappa shape index (κ2) is 8.15. The van der Waals surface area contributed by atoms with E-state index in [1.807, 2.05) is 44.2 Å². The van der Waals surface area contributed by atoms with Crippen molar-refractivity contribution in [2.75, 3.05) is 7.11 Å². The van der Waals surface area contributed by atoms with Crippen molar-refractivity contribution >= 4 is 11.7 Å². The highest BCUT2D eigenvalue weighted by molar-refractivity contribution is 6.35. The summed E-state index contributed by atoms with van der Waals surface area (Å²) in [6.45, 7) is 5.83. The number of para-hydroxylation sites is 1. The van der Waals surface area contributed by atoms with Crippen molar-refractivity contribution in [3.05, 3.63) is 59.2 Å². The van der Waals surface area contributed by atoms with E-state index in [-0.39, 0.29) is 5.71 Å².